The van der Waals surface area contributed by atoms with Crippen LogP contribution in [0.1, 0.15) is 10.4 Å². The molecular weight excluding hydrogens is 462 g/mol. The lowest BCUT2D eigenvalue weighted by molar-refractivity contribution is -0.145. The molecule has 2 aliphatic rings. The summed E-state index contributed by atoms with van der Waals surface area (Å²) < 4.78 is 5.12. The molecule has 2 heterocycles. The predicted octanol–water partition coefficient (Wildman–Crippen LogP) is -0.118. The van der Waals surface area contributed by atoms with Gasteiger partial charge in [0.1, 0.15) is 24.0 Å². The van der Waals surface area contributed by atoms with Crippen LogP contribution in [0.2, 0.25) is 0 Å². The molecule has 0 unspecified atom stereocenters. The Morgan fingerprint density at radius 3 is 2.44 bits per heavy atom. The molecule has 34 heavy (non-hydrogen) atoms. The molecule has 0 aliphatic carbocycles. The molecular formula is C23H25N3O7S. The highest BCUT2D eigenvalue weighted by Gasteiger charge is 2.57. The molecule has 6 atom stereocenters. The number of carbonyl (C=O) groups is 2. The number of amidine groups is 1. The van der Waals surface area contributed by atoms with Crippen LogP contribution in [0.5, 0.6) is 5.75 Å². The van der Waals surface area contributed by atoms with Gasteiger partial charge in [0.15, 0.2) is 5.17 Å². The quantitative estimate of drug-likeness (QED) is 0.392. The number of hydrogen-bond donors (Lipinski definition) is 5. The molecule has 2 aliphatic heterocycles. The van der Waals surface area contributed by atoms with Crippen LogP contribution in [0.3, 0.4) is 0 Å². The third-order valence-electron chi connectivity index (χ3n) is 5.85. The van der Waals surface area contributed by atoms with Crippen molar-refractivity contribution >= 4 is 34.4 Å². The molecule has 0 saturated carbocycles. The monoisotopic (exact) mass is 487 g/mol. The van der Waals surface area contributed by atoms with Crippen LogP contribution < -0.4 is 10.1 Å². The van der Waals surface area contributed by atoms with Gasteiger partial charge in [-0.2, -0.15) is 0 Å². The number of hydrogen-bond acceptors (Lipinski definition) is 9. The lowest BCUT2D eigenvalue weighted by Gasteiger charge is -2.52. The molecule has 2 aromatic carbocycles. The first-order valence-corrected chi connectivity index (χ1v) is 11.5. The van der Waals surface area contributed by atoms with Crippen molar-refractivity contribution in [2.24, 2.45) is 4.99 Å². The number of aliphatic hydroxyl groups is 4. The minimum absolute atomic E-state index is 0.191. The van der Waals surface area contributed by atoms with Crippen LogP contribution in [0.4, 0.5) is 5.69 Å². The Labute approximate surface area is 199 Å². The van der Waals surface area contributed by atoms with Gasteiger partial charge in [-0.1, -0.05) is 30.0 Å². The van der Waals surface area contributed by atoms with Gasteiger partial charge in [-0.25, -0.2) is 4.99 Å². The van der Waals surface area contributed by atoms with Crippen molar-refractivity contribution in [3.63, 3.8) is 0 Å². The number of nitrogens with one attached hydrogen (secondary N) is 1. The molecule has 10 nitrogen and oxygen atoms in total. The Balaban J connectivity index is 1.70. The lowest BCUT2D eigenvalue weighted by Crippen LogP contribution is -2.74. The van der Waals surface area contributed by atoms with Gasteiger partial charge in [-0.3, -0.25) is 9.59 Å². The number of thioether (sulfide) groups is 1. The minimum Gasteiger partial charge on any atom is -0.497 e. The number of piperidine rings is 1. The summed E-state index contributed by atoms with van der Waals surface area (Å²) >= 11 is 1.01. The van der Waals surface area contributed by atoms with E-state index < -0.39 is 54.1 Å². The molecule has 0 radical (unpaired) electrons. The van der Waals surface area contributed by atoms with Crippen molar-refractivity contribution in [2.45, 2.75) is 35.6 Å². The van der Waals surface area contributed by atoms with E-state index in [1.165, 1.54) is 7.11 Å². The zero-order chi connectivity index (χ0) is 24.4. The van der Waals surface area contributed by atoms with E-state index in [4.69, 9.17) is 4.74 Å². The highest BCUT2D eigenvalue weighted by molar-refractivity contribution is 8.14. The molecule has 4 rings (SSSR count). The van der Waals surface area contributed by atoms with Gasteiger partial charge >= 0.3 is 0 Å². The minimum atomic E-state index is -1.61. The van der Waals surface area contributed by atoms with Crippen LogP contribution in [0.15, 0.2) is 59.6 Å². The summed E-state index contributed by atoms with van der Waals surface area (Å²) in [6.45, 7) is -0.774. The van der Waals surface area contributed by atoms with Gasteiger partial charge in [-0.15, -0.1) is 0 Å². The van der Waals surface area contributed by atoms with Crippen LogP contribution in [-0.4, -0.2) is 91.7 Å². The number of rotatable bonds is 5. The fraction of sp³-hybridized carbons (Fsp3) is 0.348. The molecule has 2 amide bonds. The summed E-state index contributed by atoms with van der Waals surface area (Å²) in [5.74, 6) is -0.606. The molecule has 5 N–H and O–H groups in total. The van der Waals surface area contributed by atoms with Crippen LogP contribution in [0, 0.1) is 0 Å². The molecule has 2 aromatic rings. The fourth-order valence-electron chi connectivity index (χ4n) is 4.18. The summed E-state index contributed by atoms with van der Waals surface area (Å²) in [6.07, 6.45) is -4.67. The Morgan fingerprint density at radius 2 is 1.82 bits per heavy atom. The molecule has 11 heteroatoms. The normalized spacial score (nSPS) is 28.7. The maximum atomic E-state index is 13.4. The molecule has 2 saturated heterocycles. The third kappa shape index (κ3) is 4.52. The summed E-state index contributed by atoms with van der Waals surface area (Å²) in [6, 6.07) is 12.3. The summed E-state index contributed by atoms with van der Waals surface area (Å²) in [7, 11) is 1.54. The largest absolute Gasteiger partial charge is 0.497 e. The van der Waals surface area contributed by atoms with Crippen molar-refractivity contribution in [3.8, 4) is 5.75 Å². The van der Waals surface area contributed by atoms with Crippen LogP contribution >= 0.6 is 11.8 Å². The van der Waals surface area contributed by atoms with Crippen LogP contribution in [0.25, 0.3) is 0 Å². The van der Waals surface area contributed by atoms with Crippen molar-refractivity contribution in [1.82, 2.24) is 10.2 Å². The molecule has 2 fully saturated rings. The first kappa shape index (κ1) is 24.2. The Kier molecular flexibility index (Phi) is 7.19. The third-order valence-corrected chi connectivity index (χ3v) is 7.08. The summed E-state index contributed by atoms with van der Waals surface area (Å²) in [5.41, 5.74) is 0.758. The van der Waals surface area contributed by atoms with E-state index >= 15 is 0 Å². The Hall–Kier alpha value is -2.96. The number of carbonyl (C=O) groups excluding carboxylic acids is 2. The number of nitrogens with zero attached hydrogens (tertiary/aromatic N) is 2. The molecule has 0 bridgehead atoms. The summed E-state index contributed by atoms with van der Waals surface area (Å²) in [4.78, 5) is 32.1. The van der Waals surface area contributed by atoms with Gasteiger partial charge in [-0.05, 0) is 36.4 Å². The van der Waals surface area contributed by atoms with Crippen LogP contribution in [-0.2, 0) is 4.79 Å². The Morgan fingerprint density at radius 1 is 1.15 bits per heavy atom. The Bertz CT molecular complexity index is 1070. The molecule has 0 aromatic heterocycles. The van der Waals surface area contributed by atoms with E-state index in [0.29, 0.717) is 11.4 Å². The number of aliphatic imine (C=N–C) groups is 1. The molecule has 0 spiro atoms. The maximum Gasteiger partial charge on any atom is 0.255 e. The van der Waals surface area contributed by atoms with Crippen molar-refractivity contribution < 1.29 is 34.8 Å². The van der Waals surface area contributed by atoms with Gasteiger partial charge in [0.05, 0.1) is 36.8 Å². The van der Waals surface area contributed by atoms with Crippen molar-refractivity contribution in [3.05, 3.63) is 60.2 Å². The van der Waals surface area contributed by atoms with Crippen molar-refractivity contribution in [1.29, 1.82) is 0 Å². The SMILES string of the molecule is COc1ccc(N=C2NC(=O)[C@H]3[C@@H](S2)[C@@H](O)[C@H](O)[C@@H]([C@@H](O)CO)N3C(=O)c2ccccc2)cc1. The number of ether oxygens (including phenoxy) is 1. The number of aliphatic hydroxyl groups excluding tert-OH is 4. The van der Waals surface area contributed by atoms with E-state index in [-0.39, 0.29) is 10.7 Å². The highest BCUT2D eigenvalue weighted by Crippen LogP contribution is 2.38. The van der Waals surface area contributed by atoms with E-state index in [2.05, 4.69) is 10.3 Å². The number of amides is 2. The standard InChI is InChI=1S/C23H25N3O7S/c1-33-14-9-7-13(8-10-14)24-23-25-21(31)17-20(34-23)19(30)18(29)16(15(28)11-27)26(17)22(32)12-5-3-2-4-6-12/h2-10,15-20,27-30H,11H2,1H3,(H,24,25,31)/t15-,16+,17+,18+,19-,20+/m0/s1. The second kappa shape index (κ2) is 10.1. The first-order valence-electron chi connectivity index (χ1n) is 10.6. The molecule has 180 valence electrons. The van der Waals surface area contributed by atoms with Gasteiger partial charge in [0.2, 0.25) is 5.91 Å². The second-order valence-electron chi connectivity index (χ2n) is 7.93. The highest BCUT2D eigenvalue weighted by atomic mass is 32.2. The second-order valence-corrected chi connectivity index (χ2v) is 9.10. The number of benzene rings is 2. The average Bonchev–Trinajstić information content (AvgIpc) is 2.86. The summed E-state index contributed by atoms with van der Waals surface area (Å²) in [5, 5.41) is 43.6. The van der Waals surface area contributed by atoms with E-state index in [1.807, 2.05) is 0 Å². The van der Waals surface area contributed by atoms with Gasteiger partial charge < -0.3 is 35.4 Å². The lowest BCUT2D eigenvalue weighted by atomic mass is 9.85. The van der Waals surface area contributed by atoms with Gasteiger partial charge in [0.25, 0.3) is 5.91 Å². The first-order chi connectivity index (χ1) is 16.3. The zero-order valence-electron chi connectivity index (χ0n) is 18.2. The fourth-order valence-corrected chi connectivity index (χ4v) is 5.44. The van der Waals surface area contributed by atoms with E-state index in [0.717, 1.165) is 16.7 Å². The zero-order valence-corrected chi connectivity index (χ0v) is 19.0. The van der Waals surface area contributed by atoms with E-state index in [9.17, 15) is 30.0 Å². The van der Waals surface area contributed by atoms with Crippen molar-refractivity contribution in [2.75, 3.05) is 13.7 Å². The predicted molar refractivity (Wildman–Crippen MR) is 125 cm³/mol. The van der Waals surface area contributed by atoms with Gasteiger partial charge in [0, 0.05) is 5.56 Å². The smallest absolute Gasteiger partial charge is 0.255 e. The number of fused-ring (bicyclic) bond motifs is 1. The number of methoxy groups -OCH3 is 1. The average molecular weight is 488 g/mol. The topological polar surface area (TPSA) is 152 Å². The number of likely N-dealkylation sites (tertiary alicyclic amines) is 1. The maximum absolute atomic E-state index is 13.4. The van der Waals surface area contributed by atoms with E-state index in [1.54, 1.807) is 54.6 Å².